The van der Waals surface area contributed by atoms with Crippen molar-refractivity contribution in [3.05, 3.63) is 28.1 Å². The zero-order chi connectivity index (χ0) is 21.6. The molecule has 11 heteroatoms. The molecule has 3 N–H and O–H groups in total. The number of aromatic nitrogens is 5. The summed E-state index contributed by atoms with van der Waals surface area (Å²) in [4.78, 5) is 33.8. The molecule has 1 aliphatic rings. The van der Waals surface area contributed by atoms with E-state index in [1.807, 2.05) is 23.1 Å². The van der Waals surface area contributed by atoms with Crippen molar-refractivity contribution in [2.45, 2.75) is 51.0 Å². The second-order valence-electron chi connectivity index (χ2n) is 7.61. The maximum absolute atomic E-state index is 13.3. The third kappa shape index (κ3) is 3.18. The summed E-state index contributed by atoms with van der Waals surface area (Å²) in [7, 11) is 3.12. The molecule has 0 bridgehead atoms. The van der Waals surface area contributed by atoms with E-state index in [4.69, 9.17) is 10.5 Å². The van der Waals surface area contributed by atoms with Gasteiger partial charge in [-0.2, -0.15) is 0 Å². The van der Waals surface area contributed by atoms with Crippen molar-refractivity contribution in [2.24, 2.45) is 12.8 Å². The molecular formula is C19H26N6O5. The number of nitrogens with zero attached hydrogens (tertiary/aromatic N) is 5. The van der Waals surface area contributed by atoms with E-state index in [0.717, 1.165) is 12.8 Å². The number of carbonyl (C=O) groups excluding carboxylic acids is 1. The summed E-state index contributed by atoms with van der Waals surface area (Å²) in [6.07, 6.45) is 3.27. The van der Waals surface area contributed by atoms with E-state index >= 15 is 0 Å². The smallest absolute Gasteiger partial charge is 0.322 e. The van der Waals surface area contributed by atoms with Crippen LogP contribution in [0, 0.1) is 6.92 Å². The number of nitrogens with two attached hydrogens (primary N) is 1. The molecule has 0 radical (unpaired) electrons. The minimum absolute atomic E-state index is 0.0389. The summed E-state index contributed by atoms with van der Waals surface area (Å²) in [6.45, 7) is 1.78. The van der Waals surface area contributed by atoms with Crippen LogP contribution >= 0.6 is 0 Å². The number of esters is 1. The van der Waals surface area contributed by atoms with Gasteiger partial charge in [-0.25, -0.2) is 14.4 Å². The highest BCUT2D eigenvalue weighted by atomic mass is 16.5. The summed E-state index contributed by atoms with van der Waals surface area (Å²) >= 11 is 0. The van der Waals surface area contributed by atoms with Crippen molar-refractivity contribution in [3.63, 3.8) is 0 Å². The van der Waals surface area contributed by atoms with E-state index in [1.165, 1.54) is 11.5 Å². The zero-order valence-corrected chi connectivity index (χ0v) is 17.2. The number of aryl methyl sites for hydroxylation is 3. The maximum Gasteiger partial charge on any atom is 0.322 e. The minimum atomic E-state index is -0.772. The lowest BCUT2D eigenvalue weighted by Crippen LogP contribution is -2.32. The molecule has 30 heavy (non-hydrogen) atoms. The first-order valence-corrected chi connectivity index (χ1v) is 9.90. The van der Waals surface area contributed by atoms with Crippen LogP contribution in [0.15, 0.2) is 11.1 Å². The molecule has 1 fully saturated rings. The lowest BCUT2D eigenvalue weighted by Gasteiger charge is -2.16. The van der Waals surface area contributed by atoms with Crippen molar-refractivity contribution in [1.29, 1.82) is 0 Å². The van der Waals surface area contributed by atoms with Gasteiger partial charge >= 0.3 is 5.97 Å². The molecule has 4 rings (SSSR count). The number of fused-ring (bicyclic) bond motifs is 2. The lowest BCUT2D eigenvalue weighted by atomic mass is 10.1. The predicted molar refractivity (Wildman–Crippen MR) is 107 cm³/mol. The van der Waals surface area contributed by atoms with Crippen LogP contribution in [0.3, 0.4) is 0 Å². The number of methoxy groups -OCH3 is 1. The van der Waals surface area contributed by atoms with E-state index < -0.39 is 12.0 Å². The molecule has 4 heterocycles. The van der Waals surface area contributed by atoms with Crippen LogP contribution in [0.5, 0.6) is 0 Å². The van der Waals surface area contributed by atoms with Gasteiger partial charge in [-0.05, 0) is 32.6 Å². The third-order valence-corrected chi connectivity index (χ3v) is 5.74. The second-order valence-corrected chi connectivity index (χ2v) is 7.61. The molecule has 3 unspecified atom stereocenters. The standard InChI is InChI=1S/C19H26N6O5/c1-10-13(6-5-12(20)18(28)29-3)25-17(27)15-16(23(2)19(25)22-10)24(9-21-15)14-7-4-11(8-26)30-14/h9,11-12,14,26H,4-8,20H2,1-3H3. The van der Waals surface area contributed by atoms with Gasteiger partial charge in [0.1, 0.15) is 12.3 Å². The summed E-state index contributed by atoms with van der Waals surface area (Å²) in [6, 6.07) is -0.772. The van der Waals surface area contributed by atoms with Gasteiger partial charge in [0.2, 0.25) is 5.78 Å². The number of carbonyl (C=O) groups is 1. The number of aliphatic hydroxyl groups is 1. The molecule has 1 aliphatic heterocycles. The van der Waals surface area contributed by atoms with Gasteiger partial charge in [0, 0.05) is 7.05 Å². The van der Waals surface area contributed by atoms with Crippen molar-refractivity contribution in [1.82, 2.24) is 23.5 Å². The highest BCUT2D eigenvalue weighted by Crippen LogP contribution is 2.30. The molecule has 0 saturated carbocycles. The number of imidazole rings is 2. The van der Waals surface area contributed by atoms with Crippen LogP contribution in [0.25, 0.3) is 16.9 Å². The summed E-state index contributed by atoms with van der Waals surface area (Å²) in [5, 5.41) is 9.35. The molecule has 0 spiro atoms. The third-order valence-electron chi connectivity index (χ3n) is 5.74. The number of rotatable bonds is 6. The van der Waals surface area contributed by atoms with Crippen LogP contribution in [-0.2, 0) is 27.7 Å². The van der Waals surface area contributed by atoms with E-state index in [0.29, 0.717) is 41.2 Å². The van der Waals surface area contributed by atoms with E-state index in [-0.39, 0.29) is 24.5 Å². The van der Waals surface area contributed by atoms with Crippen LogP contribution in [-0.4, -0.2) is 60.4 Å². The van der Waals surface area contributed by atoms with Crippen LogP contribution < -0.4 is 11.3 Å². The fraction of sp³-hybridized carbons (Fsp3) is 0.579. The van der Waals surface area contributed by atoms with Gasteiger partial charge in [0.15, 0.2) is 11.2 Å². The first-order chi connectivity index (χ1) is 14.4. The zero-order valence-electron chi connectivity index (χ0n) is 17.2. The van der Waals surface area contributed by atoms with Gasteiger partial charge in [-0.3, -0.25) is 18.7 Å². The summed E-state index contributed by atoms with van der Waals surface area (Å²) in [5.41, 5.74) is 7.87. The lowest BCUT2D eigenvalue weighted by molar-refractivity contribution is -0.142. The first kappa shape index (κ1) is 20.5. The van der Waals surface area contributed by atoms with Crippen molar-refractivity contribution >= 4 is 22.9 Å². The Labute approximate surface area is 172 Å². The molecule has 3 atom stereocenters. The Bertz CT molecular complexity index is 1160. The van der Waals surface area contributed by atoms with Crippen LogP contribution in [0.2, 0.25) is 0 Å². The Morgan fingerprint density at radius 3 is 2.90 bits per heavy atom. The topological polar surface area (TPSA) is 139 Å². The van der Waals surface area contributed by atoms with E-state index in [9.17, 15) is 14.7 Å². The molecule has 3 aromatic heterocycles. The first-order valence-electron chi connectivity index (χ1n) is 9.90. The molecule has 1 saturated heterocycles. The highest BCUT2D eigenvalue weighted by molar-refractivity contribution is 5.75. The Kier molecular flexibility index (Phi) is 5.35. The Morgan fingerprint density at radius 1 is 1.47 bits per heavy atom. The Hall–Kier alpha value is -2.76. The normalized spacial score (nSPS) is 20.3. The monoisotopic (exact) mass is 418 g/mol. The molecular weight excluding hydrogens is 392 g/mol. The van der Waals surface area contributed by atoms with Gasteiger partial charge in [0.25, 0.3) is 5.56 Å². The van der Waals surface area contributed by atoms with Gasteiger partial charge < -0.3 is 20.3 Å². The summed E-state index contributed by atoms with van der Waals surface area (Å²) < 4.78 is 15.7. The number of ether oxygens (including phenoxy) is 2. The molecule has 0 aliphatic carbocycles. The largest absolute Gasteiger partial charge is 0.468 e. The quantitative estimate of drug-likeness (QED) is 0.525. The fourth-order valence-electron chi connectivity index (χ4n) is 4.11. The maximum atomic E-state index is 13.3. The minimum Gasteiger partial charge on any atom is -0.468 e. The highest BCUT2D eigenvalue weighted by Gasteiger charge is 2.29. The second kappa shape index (κ2) is 7.82. The fourth-order valence-corrected chi connectivity index (χ4v) is 4.11. The predicted octanol–water partition coefficient (Wildman–Crippen LogP) is -0.206. The van der Waals surface area contributed by atoms with Gasteiger partial charge in [-0.1, -0.05) is 0 Å². The van der Waals surface area contributed by atoms with E-state index in [2.05, 4.69) is 14.7 Å². The van der Waals surface area contributed by atoms with Gasteiger partial charge in [-0.15, -0.1) is 0 Å². The molecule has 0 amide bonds. The number of aliphatic hydroxyl groups excluding tert-OH is 1. The Balaban J connectivity index is 1.79. The van der Waals surface area contributed by atoms with E-state index in [1.54, 1.807) is 6.33 Å². The molecule has 11 nitrogen and oxygen atoms in total. The van der Waals surface area contributed by atoms with Crippen molar-refractivity contribution in [3.8, 4) is 0 Å². The molecule has 3 aromatic rings. The van der Waals surface area contributed by atoms with Crippen molar-refractivity contribution < 1.29 is 19.4 Å². The number of hydrogen-bond donors (Lipinski definition) is 2. The number of hydrogen-bond acceptors (Lipinski definition) is 8. The molecule has 0 aromatic carbocycles. The summed E-state index contributed by atoms with van der Waals surface area (Å²) in [5.74, 6) is -0.0154. The van der Waals surface area contributed by atoms with Gasteiger partial charge in [0.05, 0.1) is 37.5 Å². The average Bonchev–Trinajstić information content (AvgIpc) is 3.46. The SMILES string of the molecule is COC(=O)C(N)CCc1c(C)nc2n(C)c3c(ncn3C3CCC(CO)O3)c(=O)n12. The van der Waals surface area contributed by atoms with Crippen molar-refractivity contribution in [2.75, 3.05) is 13.7 Å². The average molecular weight is 418 g/mol. The molecule has 162 valence electrons. The van der Waals surface area contributed by atoms with Crippen LogP contribution in [0.4, 0.5) is 0 Å². The Morgan fingerprint density at radius 2 is 2.23 bits per heavy atom. The van der Waals surface area contributed by atoms with Crippen LogP contribution in [0.1, 0.15) is 36.9 Å².